The largest absolute Gasteiger partial charge is 0.373 e. The quantitative estimate of drug-likeness (QED) is 0.612. The summed E-state index contributed by atoms with van der Waals surface area (Å²) in [6, 6.07) is 4.77. The molecule has 1 aromatic rings. The van der Waals surface area contributed by atoms with Crippen LogP contribution in [-0.4, -0.2) is 30.5 Å². The van der Waals surface area contributed by atoms with E-state index >= 15 is 0 Å². The van der Waals surface area contributed by atoms with Gasteiger partial charge >= 0.3 is 0 Å². The van der Waals surface area contributed by atoms with E-state index in [-0.39, 0.29) is 5.69 Å². The second-order valence-electron chi connectivity index (χ2n) is 3.41. The highest BCUT2D eigenvalue weighted by Gasteiger charge is 2.12. The van der Waals surface area contributed by atoms with E-state index in [4.69, 9.17) is 5.26 Å². The van der Waals surface area contributed by atoms with Crippen LogP contribution in [0.15, 0.2) is 12.1 Å². The van der Waals surface area contributed by atoms with Crippen LogP contribution in [0.2, 0.25) is 0 Å². The molecule has 7 nitrogen and oxygen atoms in total. The van der Waals surface area contributed by atoms with Crippen LogP contribution in [0.5, 0.6) is 0 Å². The Balaban J connectivity index is 3.02. The van der Waals surface area contributed by atoms with Gasteiger partial charge in [-0.25, -0.2) is 4.98 Å². The van der Waals surface area contributed by atoms with E-state index in [1.165, 1.54) is 12.1 Å². The number of nitro groups is 1. The Morgan fingerprint density at radius 3 is 2.88 bits per heavy atom. The first-order chi connectivity index (χ1) is 8.08. The molecule has 1 aromatic heterocycles. The summed E-state index contributed by atoms with van der Waals surface area (Å²) in [4.78, 5) is 16.2. The Kier molecular flexibility index (Phi) is 4.22. The highest BCUT2D eigenvalue weighted by atomic mass is 16.6. The molecule has 0 saturated carbocycles. The number of hydrogen-bond donors (Lipinski definition) is 1. The zero-order valence-electron chi connectivity index (χ0n) is 9.67. The van der Waals surface area contributed by atoms with E-state index in [0.29, 0.717) is 24.6 Å². The molecule has 0 aliphatic rings. The SMILES string of the molecule is CNc1cc([N+](=O)[O-])cc(N(C)CCC#N)n1. The van der Waals surface area contributed by atoms with Crippen LogP contribution in [0.25, 0.3) is 0 Å². The van der Waals surface area contributed by atoms with Crippen LogP contribution in [0.4, 0.5) is 17.3 Å². The molecule has 90 valence electrons. The molecule has 0 radical (unpaired) electrons. The van der Waals surface area contributed by atoms with Crippen molar-refractivity contribution in [3.63, 3.8) is 0 Å². The summed E-state index contributed by atoms with van der Waals surface area (Å²) in [5.41, 5.74) is -0.0249. The molecule has 0 saturated heterocycles. The van der Waals surface area contributed by atoms with E-state index in [0.717, 1.165) is 0 Å². The van der Waals surface area contributed by atoms with Crippen molar-refractivity contribution in [2.24, 2.45) is 0 Å². The van der Waals surface area contributed by atoms with Gasteiger partial charge in [0.2, 0.25) is 0 Å². The minimum Gasteiger partial charge on any atom is -0.373 e. The van der Waals surface area contributed by atoms with Crippen molar-refractivity contribution < 1.29 is 4.92 Å². The average Bonchev–Trinajstić information content (AvgIpc) is 2.35. The number of rotatable bonds is 5. The fourth-order valence-electron chi connectivity index (χ4n) is 1.26. The van der Waals surface area contributed by atoms with Gasteiger partial charge in [-0.3, -0.25) is 10.1 Å². The summed E-state index contributed by atoms with van der Waals surface area (Å²) in [6.07, 6.45) is 0.343. The molecule has 0 aliphatic heterocycles. The van der Waals surface area contributed by atoms with Gasteiger partial charge in [-0.1, -0.05) is 0 Å². The number of aromatic nitrogens is 1. The zero-order chi connectivity index (χ0) is 12.8. The fourth-order valence-corrected chi connectivity index (χ4v) is 1.26. The predicted molar refractivity (Wildman–Crippen MR) is 63.9 cm³/mol. The summed E-state index contributed by atoms with van der Waals surface area (Å²) in [5.74, 6) is 0.900. The minimum absolute atomic E-state index is 0.0249. The van der Waals surface area contributed by atoms with Gasteiger partial charge in [0.25, 0.3) is 5.69 Å². The first-order valence-electron chi connectivity index (χ1n) is 5.00. The molecule has 1 rings (SSSR count). The second kappa shape index (κ2) is 5.65. The predicted octanol–water partition coefficient (Wildman–Crippen LogP) is 1.38. The molecule has 7 heteroatoms. The van der Waals surface area contributed by atoms with E-state index < -0.39 is 4.92 Å². The molecular weight excluding hydrogens is 222 g/mol. The average molecular weight is 235 g/mol. The molecule has 0 bridgehead atoms. The van der Waals surface area contributed by atoms with Crippen molar-refractivity contribution in [3.8, 4) is 6.07 Å². The Morgan fingerprint density at radius 2 is 2.35 bits per heavy atom. The fraction of sp³-hybridized carbons (Fsp3) is 0.400. The van der Waals surface area contributed by atoms with Crippen LogP contribution in [-0.2, 0) is 0 Å². The molecule has 17 heavy (non-hydrogen) atoms. The van der Waals surface area contributed by atoms with E-state index in [2.05, 4.69) is 10.3 Å². The van der Waals surface area contributed by atoms with Crippen LogP contribution in [0.3, 0.4) is 0 Å². The van der Waals surface area contributed by atoms with Gasteiger partial charge in [0, 0.05) is 20.6 Å². The minimum atomic E-state index is -0.468. The Hall–Kier alpha value is -2.36. The van der Waals surface area contributed by atoms with Crippen molar-refractivity contribution >= 4 is 17.3 Å². The van der Waals surface area contributed by atoms with E-state index in [9.17, 15) is 10.1 Å². The van der Waals surface area contributed by atoms with Gasteiger partial charge in [-0.2, -0.15) is 5.26 Å². The number of nitriles is 1. The van der Waals surface area contributed by atoms with Crippen molar-refractivity contribution in [3.05, 3.63) is 22.2 Å². The summed E-state index contributed by atoms with van der Waals surface area (Å²) in [6.45, 7) is 0.480. The number of nitrogens with one attached hydrogen (secondary N) is 1. The number of pyridine rings is 1. The normalized spacial score (nSPS) is 9.47. The molecular formula is C10H13N5O2. The van der Waals surface area contributed by atoms with Gasteiger partial charge in [0.05, 0.1) is 29.5 Å². The Bertz CT molecular complexity index is 454. The third-order valence-electron chi connectivity index (χ3n) is 2.21. The lowest BCUT2D eigenvalue weighted by molar-refractivity contribution is -0.384. The molecule has 0 unspecified atom stereocenters. The second-order valence-corrected chi connectivity index (χ2v) is 3.41. The van der Waals surface area contributed by atoms with Crippen LogP contribution in [0, 0.1) is 21.4 Å². The standard InChI is InChI=1S/C10H13N5O2/c1-12-9-6-8(15(16)17)7-10(13-9)14(2)5-3-4-11/h6-7H,3,5H2,1-2H3,(H,12,13). The number of anilines is 2. The highest BCUT2D eigenvalue weighted by molar-refractivity contribution is 5.55. The maximum absolute atomic E-state index is 10.7. The molecule has 0 aromatic carbocycles. The van der Waals surface area contributed by atoms with Crippen LogP contribution >= 0.6 is 0 Å². The number of nitrogens with zero attached hydrogens (tertiary/aromatic N) is 4. The van der Waals surface area contributed by atoms with Crippen LogP contribution in [0.1, 0.15) is 6.42 Å². The van der Waals surface area contributed by atoms with Crippen molar-refractivity contribution in [2.45, 2.75) is 6.42 Å². The van der Waals surface area contributed by atoms with Crippen molar-refractivity contribution in [1.82, 2.24) is 4.98 Å². The molecule has 0 spiro atoms. The molecule has 0 fully saturated rings. The molecule has 0 atom stereocenters. The van der Waals surface area contributed by atoms with Gasteiger partial charge < -0.3 is 10.2 Å². The zero-order valence-corrected chi connectivity index (χ0v) is 9.67. The first-order valence-corrected chi connectivity index (χ1v) is 5.00. The van der Waals surface area contributed by atoms with E-state index in [1.54, 1.807) is 19.0 Å². The third kappa shape index (κ3) is 3.31. The summed E-state index contributed by atoms with van der Waals surface area (Å²) < 4.78 is 0. The monoisotopic (exact) mass is 235 g/mol. The maximum atomic E-state index is 10.7. The van der Waals surface area contributed by atoms with Crippen LogP contribution < -0.4 is 10.2 Å². The van der Waals surface area contributed by atoms with E-state index in [1.807, 2.05) is 6.07 Å². The highest BCUT2D eigenvalue weighted by Crippen LogP contribution is 2.22. The third-order valence-corrected chi connectivity index (χ3v) is 2.21. The summed E-state index contributed by atoms with van der Waals surface area (Å²) >= 11 is 0. The maximum Gasteiger partial charge on any atom is 0.276 e. The Morgan fingerprint density at radius 1 is 1.65 bits per heavy atom. The molecule has 1 N–H and O–H groups in total. The molecule has 0 amide bonds. The van der Waals surface area contributed by atoms with Crippen molar-refractivity contribution in [1.29, 1.82) is 5.26 Å². The molecule has 0 aliphatic carbocycles. The lowest BCUT2D eigenvalue weighted by Gasteiger charge is -2.16. The topological polar surface area (TPSA) is 95.1 Å². The first kappa shape index (κ1) is 12.7. The lowest BCUT2D eigenvalue weighted by atomic mass is 10.3. The van der Waals surface area contributed by atoms with Gasteiger partial charge in [-0.05, 0) is 0 Å². The van der Waals surface area contributed by atoms with Gasteiger partial charge in [-0.15, -0.1) is 0 Å². The van der Waals surface area contributed by atoms with Gasteiger partial charge in [0.1, 0.15) is 11.6 Å². The number of hydrogen-bond acceptors (Lipinski definition) is 6. The Labute approximate surface area is 98.8 Å². The summed E-state index contributed by atoms with van der Waals surface area (Å²) in [7, 11) is 3.38. The smallest absolute Gasteiger partial charge is 0.276 e. The summed E-state index contributed by atoms with van der Waals surface area (Å²) in [5, 5.41) is 22.0. The van der Waals surface area contributed by atoms with Crippen molar-refractivity contribution in [2.75, 3.05) is 30.9 Å². The van der Waals surface area contributed by atoms with Gasteiger partial charge in [0.15, 0.2) is 0 Å². The molecule has 1 heterocycles. The lowest BCUT2D eigenvalue weighted by Crippen LogP contribution is -2.19.